The second-order valence-corrected chi connectivity index (χ2v) is 3.52. The number of anilines is 1. The molecule has 0 fully saturated rings. The average molecular weight is 185 g/mol. The van der Waals surface area contributed by atoms with Gasteiger partial charge in [-0.25, -0.2) is 0 Å². The maximum atomic E-state index is 3.27. The summed E-state index contributed by atoms with van der Waals surface area (Å²) in [4.78, 5) is 0. The van der Waals surface area contributed by atoms with E-state index in [9.17, 15) is 0 Å². The zero-order valence-corrected chi connectivity index (χ0v) is 8.46. The zero-order chi connectivity index (χ0) is 9.80. The Morgan fingerprint density at radius 2 is 2.36 bits per heavy atom. The molecule has 1 aromatic carbocycles. The second kappa shape index (κ2) is 4.14. The molecule has 0 aromatic heterocycles. The molecule has 2 rings (SSSR count). The summed E-state index contributed by atoms with van der Waals surface area (Å²) in [6, 6.07) is 6.66. The molecule has 0 amide bonds. The molecule has 1 heteroatoms. The Balaban J connectivity index is 2.22. The molecule has 0 aliphatic carbocycles. The lowest BCUT2D eigenvalue weighted by atomic mass is 10.0. The van der Waals surface area contributed by atoms with Gasteiger partial charge in [0.25, 0.3) is 0 Å². The Kier molecular flexibility index (Phi) is 2.68. The largest absolute Gasteiger partial charge is 0.362 e. The monoisotopic (exact) mass is 185 g/mol. The molecule has 14 heavy (non-hydrogen) atoms. The summed E-state index contributed by atoms with van der Waals surface area (Å²) in [6.07, 6.45) is 10.5. The minimum Gasteiger partial charge on any atom is -0.362 e. The van der Waals surface area contributed by atoms with Crippen LogP contribution in [0.5, 0.6) is 0 Å². The van der Waals surface area contributed by atoms with Gasteiger partial charge in [-0.1, -0.05) is 30.4 Å². The van der Waals surface area contributed by atoms with E-state index in [2.05, 4.69) is 48.7 Å². The highest BCUT2D eigenvalue weighted by Gasteiger charge is 2.03. The first-order valence-electron chi connectivity index (χ1n) is 5.04. The molecule has 1 aliphatic heterocycles. The molecule has 0 saturated heterocycles. The lowest BCUT2D eigenvalue weighted by molar-refractivity contribution is 1.19. The Bertz CT molecular complexity index is 375. The molecule has 0 radical (unpaired) electrons. The van der Waals surface area contributed by atoms with Gasteiger partial charge in [-0.2, -0.15) is 0 Å². The van der Waals surface area contributed by atoms with Crippen LogP contribution in [0.25, 0.3) is 0 Å². The molecule has 0 unspecified atom stereocenters. The first-order valence-corrected chi connectivity index (χ1v) is 5.04. The molecule has 1 heterocycles. The third-order valence-corrected chi connectivity index (χ3v) is 2.46. The Morgan fingerprint density at radius 3 is 3.21 bits per heavy atom. The molecular formula is C13H15N. The molecule has 0 saturated carbocycles. The van der Waals surface area contributed by atoms with Crippen molar-refractivity contribution in [3.8, 4) is 0 Å². The lowest BCUT2D eigenvalue weighted by Crippen LogP contribution is -2.00. The van der Waals surface area contributed by atoms with Crippen molar-refractivity contribution in [2.24, 2.45) is 0 Å². The van der Waals surface area contributed by atoms with Crippen LogP contribution in [0.2, 0.25) is 0 Å². The predicted molar refractivity (Wildman–Crippen MR) is 61.4 cm³/mol. The number of benzene rings is 1. The van der Waals surface area contributed by atoms with Crippen molar-refractivity contribution < 1.29 is 0 Å². The molecule has 0 spiro atoms. The van der Waals surface area contributed by atoms with Crippen LogP contribution in [0.4, 0.5) is 5.69 Å². The van der Waals surface area contributed by atoms with E-state index in [1.54, 1.807) is 0 Å². The maximum Gasteiger partial charge on any atom is 0.0418 e. The van der Waals surface area contributed by atoms with Gasteiger partial charge in [-0.15, -0.1) is 0 Å². The van der Waals surface area contributed by atoms with Crippen LogP contribution >= 0.6 is 0 Å². The van der Waals surface area contributed by atoms with Crippen molar-refractivity contribution in [3.05, 3.63) is 53.8 Å². The van der Waals surface area contributed by atoms with Gasteiger partial charge in [0, 0.05) is 5.69 Å². The van der Waals surface area contributed by atoms with Gasteiger partial charge in [0.2, 0.25) is 0 Å². The third kappa shape index (κ3) is 1.87. The van der Waals surface area contributed by atoms with Crippen molar-refractivity contribution in [1.29, 1.82) is 0 Å². The summed E-state index contributed by atoms with van der Waals surface area (Å²) >= 11 is 0. The highest BCUT2D eigenvalue weighted by atomic mass is 14.8. The van der Waals surface area contributed by atoms with E-state index in [0.717, 1.165) is 12.8 Å². The normalized spacial score (nSPS) is 14.1. The number of allylic oxidation sites excluding steroid dienone is 3. The van der Waals surface area contributed by atoms with E-state index >= 15 is 0 Å². The van der Waals surface area contributed by atoms with Crippen LogP contribution in [-0.2, 0) is 12.8 Å². The molecule has 1 N–H and O–H groups in total. The van der Waals surface area contributed by atoms with Gasteiger partial charge in [-0.3, -0.25) is 0 Å². The molecule has 72 valence electrons. The van der Waals surface area contributed by atoms with Crippen LogP contribution in [-0.4, -0.2) is 0 Å². The standard InChI is InChI=1S/C13H15N/c1-2-3-5-11-7-8-12-6-4-9-14-13(12)10-11/h2-4,7-10,14H,5-6H2,1H3. The zero-order valence-electron chi connectivity index (χ0n) is 8.46. The summed E-state index contributed by atoms with van der Waals surface area (Å²) in [5.74, 6) is 0. The lowest BCUT2D eigenvalue weighted by Gasteiger charge is -2.13. The molecular weight excluding hydrogens is 170 g/mol. The predicted octanol–water partition coefficient (Wildman–Crippen LogP) is 3.29. The summed E-state index contributed by atoms with van der Waals surface area (Å²) in [6.45, 7) is 2.05. The minimum atomic E-state index is 1.02. The number of fused-ring (bicyclic) bond motifs is 1. The molecule has 0 bridgehead atoms. The molecule has 1 aromatic rings. The minimum absolute atomic E-state index is 1.02. The van der Waals surface area contributed by atoms with Crippen molar-refractivity contribution in [3.63, 3.8) is 0 Å². The molecule has 1 nitrogen and oxygen atoms in total. The number of nitrogens with one attached hydrogen (secondary N) is 1. The number of hydrogen-bond donors (Lipinski definition) is 1. The fourth-order valence-electron chi connectivity index (χ4n) is 1.65. The third-order valence-electron chi connectivity index (χ3n) is 2.46. The summed E-state index contributed by atoms with van der Waals surface area (Å²) < 4.78 is 0. The fraction of sp³-hybridized carbons (Fsp3) is 0.231. The van der Waals surface area contributed by atoms with Crippen LogP contribution in [0.15, 0.2) is 42.6 Å². The Labute approximate surface area is 85.2 Å². The van der Waals surface area contributed by atoms with Crippen molar-refractivity contribution in [2.45, 2.75) is 19.8 Å². The van der Waals surface area contributed by atoms with Crippen LogP contribution in [0.3, 0.4) is 0 Å². The second-order valence-electron chi connectivity index (χ2n) is 3.52. The van der Waals surface area contributed by atoms with Crippen LogP contribution < -0.4 is 5.32 Å². The van der Waals surface area contributed by atoms with E-state index in [1.807, 2.05) is 6.20 Å². The molecule has 0 atom stereocenters. The van der Waals surface area contributed by atoms with E-state index in [0.29, 0.717) is 0 Å². The first kappa shape index (κ1) is 9.07. The first-order chi connectivity index (χ1) is 6.90. The van der Waals surface area contributed by atoms with Crippen LogP contribution in [0.1, 0.15) is 18.1 Å². The van der Waals surface area contributed by atoms with Crippen LogP contribution in [0, 0.1) is 0 Å². The quantitative estimate of drug-likeness (QED) is 0.697. The van der Waals surface area contributed by atoms with Gasteiger partial charge >= 0.3 is 0 Å². The highest BCUT2D eigenvalue weighted by Crippen LogP contribution is 2.22. The highest BCUT2D eigenvalue weighted by molar-refractivity contribution is 5.57. The summed E-state index contributed by atoms with van der Waals surface area (Å²) in [5, 5.41) is 3.27. The maximum absolute atomic E-state index is 3.27. The molecule has 1 aliphatic rings. The smallest absolute Gasteiger partial charge is 0.0418 e. The Morgan fingerprint density at radius 1 is 1.43 bits per heavy atom. The fourth-order valence-corrected chi connectivity index (χ4v) is 1.65. The van der Waals surface area contributed by atoms with Gasteiger partial charge in [0.15, 0.2) is 0 Å². The van der Waals surface area contributed by atoms with Crippen molar-refractivity contribution in [2.75, 3.05) is 5.32 Å². The van der Waals surface area contributed by atoms with Gasteiger partial charge in [0.05, 0.1) is 0 Å². The van der Waals surface area contributed by atoms with Crippen molar-refractivity contribution >= 4 is 5.69 Å². The topological polar surface area (TPSA) is 12.0 Å². The summed E-state index contributed by atoms with van der Waals surface area (Å²) in [5.41, 5.74) is 4.01. The van der Waals surface area contributed by atoms with Gasteiger partial charge in [-0.05, 0) is 43.2 Å². The van der Waals surface area contributed by atoms with Gasteiger partial charge < -0.3 is 5.32 Å². The number of hydrogen-bond acceptors (Lipinski definition) is 1. The Hall–Kier alpha value is -1.50. The van der Waals surface area contributed by atoms with E-state index in [4.69, 9.17) is 0 Å². The van der Waals surface area contributed by atoms with E-state index in [1.165, 1.54) is 16.8 Å². The average Bonchev–Trinajstić information content (AvgIpc) is 2.26. The van der Waals surface area contributed by atoms with E-state index < -0.39 is 0 Å². The summed E-state index contributed by atoms with van der Waals surface area (Å²) in [7, 11) is 0. The van der Waals surface area contributed by atoms with Gasteiger partial charge in [0.1, 0.15) is 0 Å². The van der Waals surface area contributed by atoms with Crippen molar-refractivity contribution in [1.82, 2.24) is 0 Å². The number of rotatable bonds is 2. The van der Waals surface area contributed by atoms with E-state index in [-0.39, 0.29) is 0 Å². The SMILES string of the molecule is CC=CCc1ccc2c(c1)NC=CC2.